The molecule has 0 saturated heterocycles. The summed E-state index contributed by atoms with van der Waals surface area (Å²) in [7, 11) is 0. The first-order valence-corrected chi connectivity index (χ1v) is 9.58. The van der Waals surface area contributed by atoms with Gasteiger partial charge < -0.3 is 4.74 Å². The molecule has 0 radical (unpaired) electrons. The van der Waals surface area contributed by atoms with Crippen LogP contribution < -0.4 is 10.2 Å². The summed E-state index contributed by atoms with van der Waals surface area (Å²) in [6.07, 6.45) is 1.71. The molecule has 1 N–H and O–H groups in total. The van der Waals surface area contributed by atoms with Gasteiger partial charge in [0.05, 0.1) is 21.5 Å². The first-order valence-electron chi connectivity index (χ1n) is 8.39. The Hall–Kier alpha value is -2.89. The van der Waals surface area contributed by atoms with Crippen molar-refractivity contribution in [1.29, 1.82) is 0 Å². The number of fused-ring (bicyclic) bond motifs is 1. The molecule has 0 unspecified atom stereocenters. The molecule has 27 heavy (non-hydrogen) atoms. The minimum absolute atomic E-state index is 0.479. The number of para-hydroxylation sites is 1. The van der Waals surface area contributed by atoms with Crippen LogP contribution in [0.2, 0.25) is 5.02 Å². The van der Waals surface area contributed by atoms with E-state index in [2.05, 4.69) is 15.5 Å². The second kappa shape index (κ2) is 8.20. The van der Waals surface area contributed by atoms with E-state index in [-0.39, 0.29) is 0 Å². The van der Waals surface area contributed by atoms with E-state index < -0.39 is 0 Å². The summed E-state index contributed by atoms with van der Waals surface area (Å²) in [5, 5.41) is 5.55. The monoisotopic (exact) mass is 393 g/mol. The highest BCUT2D eigenvalue weighted by atomic mass is 35.5. The summed E-state index contributed by atoms with van der Waals surface area (Å²) in [5.74, 6) is 0.650. The molecule has 6 heteroatoms. The molecule has 0 amide bonds. The van der Waals surface area contributed by atoms with Crippen LogP contribution in [0.3, 0.4) is 0 Å². The van der Waals surface area contributed by atoms with Gasteiger partial charge in [0.2, 0.25) is 5.13 Å². The van der Waals surface area contributed by atoms with Crippen LogP contribution in [0, 0.1) is 0 Å². The molecule has 3 aromatic carbocycles. The highest BCUT2D eigenvalue weighted by Gasteiger charge is 2.04. The van der Waals surface area contributed by atoms with Gasteiger partial charge in [0.15, 0.2) is 0 Å². The molecule has 4 rings (SSSR count). The molecule has 4 nitrogen and oxygen atoms in total. The number of nitrogens with one attached hydrogen (secondary N) is 1. The molecule has 0 bridgehead atoms. The average Bonchev–Trinajstić information content (AvgIpc) is 3.11. The topological polar surface area (TPSA) is 46.5 Å². The van der Waals surface area contributed by atoms with Crippen LogP contribution in [0.5, 0.6) is 5.75 Å². The van der Waals surface area contributed by atoms with Crippen LogP contribution in [-0.2, 0) is 6.61 Å². The molecular formula is C21H16ClN3OS. The van der Waals surface area contributed by atoms with Gasteiger partial charge >= 0.3 is 0 Å². The number of ether oxygens (including phenoxy) is 1. The van der Waals surface area contributed by atoms with Gasteiger partial charge in [-0.15, -0.1) is 0 Å². The number of nitrogens with zero attached hydrogens (tertiary/aromatic N) is 2. The number of rotatable bonds is 6. The Labute approximate surface area is 166 Å². The van der Waals surface area contributed by atoms with Crippen LogP contribution in [0.4, 0.5) is 5.13 Å². The van der Waals surface area contributed by atoms with Gasteiger partial charge in [-0.3, -0.25) is 5.43 Å². The van der Waals surface area contributed by atoms with Crippen LogP contribution >= 0.6 is 22.9 Å². The summed E-state index contributed by atoms with van der Waals surface area (Å²) in [6, 6.07) is 23.6. The standard InChI is InChI=1S/C21H16ClN3OS/c22-17-12-16(10-11-19(17)26-14-15-6-2-1-3-7-15)13-23-25-21-24-18-8-4-5-9-20(18)27-21/h1-13H,14H2,(H,24,25)/b23-13-. The lowest BCUT2D eigenvalue weighted by Gasteiger charge is -2.08. The van der Waals surface area contributed by atoms with Gasteiger partial charge in [0.25, 0.3) is 0 Å². The molecule has 0 atom stereocenters. The minimum atomic E-state index is 0.479. The molecule has 0 spiro atoms. The number of halogens is 1. The van der Waals surface area contributed by atoms with Crippen molar-refractivity contribution in [3.8, 4) is 5.75 Å². The van der Waals surface area contributed by atoms with Crippen molar-refractivity contribution in [2.45, 2.75) is 6.61 Å². The number of aromatic nitrogens is 1. The number of anilines is 1. The molecule has 0 fully saturated rings. The number of hydrogen-bond donors (Lipinski definition) is 1. The number of hydrogen-bond acceptors (Lipinski definition) is 5. The fraction of sp³-hybridized carbons (Fsp3) is 0.0476. The van der Waals surface area contributed by atoms with Crippen molar-refractivity contribution in [1.82, 2.24) is 4.98 Å². The van der Waals surface area contributed by atoms with Crippen LogP contribution in [0.15, 0.2) is 77.9 Å². The lowest BCUT2D eigenvalue weighted by molar-refractivity contribution is 0.306. The molecule has 1 aromatic heterocycles. The van der Waals surface area contributed by atoms with Crippen LogP contribution in [-0.4, -0.2) is 11.2 Å². The maximum Gasteiger partial charge on any atom is 0.204 e. The van der Waals surface area contributed by atoms with Crippen molar-refractivity contribution in [3.05, 3.63) is 88.9 Å². The van der Waals surface area contributed by atoms with Crippen LogP contribution in [0.25, 0.3) is 10.2 Å². The van der Waals surface area contributed by atoms with Gasteiger partial charge in [-0.25, -0.2) is 4.98 Å². The van der Waals surface area contributed by atoms with Gasteiger partial charge in [-0.1, -0.05) is 65.4 Å². The van der Waals surface area contributed by atoms with Gasteiger partial charge in [-0.2, -0.15) is 5.10 Å². The van der Waals surface area contributed by atoms with Crippen molar-refractivity contribution < 1.29 is 4.74 Å². The molecule has 1 heterocycles. The smallest absolute Gasteiger partial charge is 0.204 e. The zero-order chi connectivity index (χ0) is 18.5. The Morgan fingerprint density at radius 1 is 1.04 bits per heavy atom. The molecule has 0 aliphatic carbocycles. The first kappa shape index (κ1) is 17.5. The summed E-state index contributed by atoms with van der Waals surface area (Å²) in [4.78, 5) is 4.48. The predicted octanol–water partition coefficient (Wildman–Crippen LogP) is 5.97. The van der Waals surface area contributed by atoms with E-state index >= 15 is 0 Å². The molecular weight excluding hydrogens is 378 g/mol. The van der Waals surface area contributed by atoms with E-state index in [0.717, 1.165) is 26.5 Å². The zero-order valence-electron chi connectivity index (χ0n) is 14.3. The SMILES string of the molecule is Clc1cc(/C=N\Nc2nc3ccccc3s2)ccc1OCc1ccccc1. The Balaban J connectivity index is 1.39. The Bertz CT molecular complexity index is 1050. The Morgan fingerprint density at radius 2 is 1.85 bits per heavy atom. The molecule has 0 saturated carbocycles. The summed E-state index contributed by atoms with van der Waals surface area (Å²) >= 11 is 7.89. The predicted molar refractivity (Wildman–Crippen MR) is 113 cm³/mol. The molecule has 4 aromatic rings. The summed E-state index contributed by atoms with van der Waals surface area (Å²) < 4.78 is 6.91. The number of thiazole rings is 1. The van der Waals surface area contributed by atoms with Gasteiger partial charge in [0, 0.05) is 0 Å². The van der Waals surface area contributed by atoms with Crippen LogP contribution in [0.1, 0.15) is 11.1 Å². The fourth-order valence-corrected chi connectivity index (χ4v) is 3.59. The highest BCUT2D eigenvalue weighted by molar-refractivity contribution is 7.22. The van der Waals surface area contributed by atoms with Gasteiger partial charge in [-0.05, 0) is 41.5 Å². The second-order valence-electron chi connectivity index (χ2n) is 5.82. The Morgan fingerprint density at radius 3 is 2.67 bits per heavy atom. The number of benzene rings is 3. The fourth-order valence-electron chi connectivity index (χ4n) is 2.53. The average molecular weight is 394 g/mol. The van der Waals surface area contributed by atoms with Crippen molar-refractivity contribution in [2.24, 2.45) is 5.10 Å². The third-order valence-corrected chi connectivity index (χ3v) is 5.10. The Kier molecular flexibility index (Phi) is 5.32. The maximum absolute atomic E-state index is 6.33. The van der Waals surface area contributed by atoms with E-state index in [0.29, 0.717) is 17.4 Å². The third kappa shape index (κ3) is 4.45. The lowest BCUT2D eigenvalue weighted by Crippen LogP contribution is -1.96. The van der Waals surface area contributed by atoms with E-state index in [4.69, 9.17) is 16.3 Å². The molecule has 134 valence electrons. The number of hydrazone groups is 1. The van der Waals surface area contributed by atoms with Crippen molar-refractivity contribution in [3.63, 3.8) is 0 Å². The first-order chi connectivity index (χ1) is 13.3. The quantitative estimate of drug-likeness (QED) is 0.324. The maximum atomic E-state index is 6.33. The molecule has 0 aliphatic heterocycles. The second-order valence-corrected chi connectivity index (χ2v) is 7.26. The summed E-state index contributed by atoms with van der Waals surface area (Å²) in [6.45, 7) is 0.479. The lowest BCUT2D eigenvalue weighted by atomic mass is 10.2. The minimum Gasteiger partial charge on any atom is -0.487 e. The molecule has 0 aliphatic rings. The zero-order valence-corrected chi connectivity index (χ0v) is 15.9. The van der Waals surface area contributed by atoms with E-state index in [1.807, 2.05) is 72.8 Å². The summed E-state index contributed by atoms with van der Waals surface area (Å²) in [5.41, 5.74) is 5.90. The van der Waals surface area contributed by atoms with E-state index in [1.165, 1.54) is 0 Å². The van der Waals surface area contributed by atoms with Crippen molar-refractivity contribution in [2.75, 3.05) is 5.43 Å². The van der Waals surface area contributed by atoms with Crippen molar-refractivity contribution >= 4 is 44.5 Å². The largest absolute Gasteiger partial charge is 0.487 e. The van der Waals surface area contributed by atoms with E-state index in [1.54, 1.807) is 17.6 Å². The highest BCUT2D eigenvalue weighted by Crippen LogP contribution is 2.27. The van der Waals surface area contributed by atoms with Gasteiger partial charge in [0.1, 0.15) is 12.4 Å². The normalized spacial score (nSPS) is 11.1. The van der Waals surface area contributed by atoms with E-state index in [9.17, 15) is 0 Å². The third-order valence-electron chi connectivity index (χ3n) is 3.86.